The molecule has 2 heterocycles. The van der Waals surface area contributed by atoms with Gasteiger partial charge in [-0.25, -0.2) is 9.90 Å². The number of ketones is 1. The molecule has 0 spiro atoms. The van der Waals surface area contributed by atoms with Crippen molar-refractivity contribution in [2.75, 3.05) is 6.61 Å². The lowest BCUT2D eigenvalue weighted by molar-refractivity contribution is -0.335. The fourth-order valence-electron chi connectivity index (χ4n) is 3.00. The summed E-state index contributed by atoms with van der Waals surface area (Å²) < 4.78 is 5.11. The number of allylic oxidation sites excluding steroid dienone is 11. The minimum atomic E-state index is -1.70. The minimum Gasteiger partial charge on any atom is -0.388 e. The zero-order chi connectivity index (χ0) is 25.3. The van der Waals surface area contributed by atoms with Gasteiger partial charge in [0.2, 0.25) is 12.2 Å². The Hall–Kier alpha value is -2.86. The molecule has 0 aromatic carbocycles. The van der Waals surface area contributed by atoms with Crippen molar-refractivity contribution in [3.8, 4) is 0 Å². The second-order valence-corrected chi connectivity index (χ2v) is 8.01. The van der Waals surface area contributed by atoms with Crippen LogP contribution in [-0.4, -0.2) is 75.2 Å². The smallest absolute Gasteiger partial charge is 0.281 e. The number of hydrogen-bond donors (Lipinski definition) is 4. The maximum atomic E-state index is 12.8. The highest BCUT2D eigenvalue weighted by atomic mass is 35.5. The maximum absolute atomic E-state index is 12.8. The van der Waals surface area contributed by atoms with E-state index in [4.69, 9.17) is 26.9 Å². The minimum absolute atomic E-state index is 0.261. The molecule has 5 N–H and O–H groups in total. The van der Waals surface area contributed by atoms with E-state index in [2.05, 4.69) is 0 Å². The molecular formula is C23H27ClN2O8. The molecule has 0 saturated carbocycles. The first-order valence-corrected chi connectivity index (χ1v) is 10.7. The highest BCUT2D eigenvalue weighted by Gasteiger charge is 2.48. The summed E-state index contributed by atoms with van der Waals surface area (Å²) in [4.78, 5) is 42.2. The average Bonchev–Trinajstić information content (AvgIpc) is 2.98. The molecule has 0 aromatic heterocycles. The van der Waals surface area contributed by atoms with Gasteiger partial charge in [0.05, 0.1) is 18.6 Å². The van der Waals surface area contributed by atoms with Crippen molar-refractivity contribution in [3.63, 3.8) is 0 Å². The first kappa shape index (κ1) is 27.4. The fraction of sp³-hybridized carbons (Fsp3) is 0.348. The third-order valence-electron chi connectivity index (χ3n) is 4.71. The molecule has 2 rings (SSSR count). The maximum Gasteiger partial charge on any atom is 0.281 e. The largest absolute Gasteiger partial charge is 0.388 e. The molecular weight excluding hydrogens is 468 g/mol. The van der Waals surface area contributed by atoms with Gasteiger partial charge in [0.1, 0.15) is 24.4 Å². The molecule has 2 aliphatic heterocycles. The summed E-state index contributed by atoms with van der Waals surface area (Å²) in [5.41, 5.74) is 4.94. The topological polar surface area (TPSA) is 160 Å². The van der Waals surface area contributed by atoms with Crippen molar-refractivity contribution in [2.24, 2.45) is 5.73 Å². The van der Waals surface area contributed by atoms with Crippen molar-refractivity contribution in [1.82, 2.24) is 5.06 Å². The predicted octanol–water partition coefficient (Wildman–Crippen LogP) is 0.306. The molecule has 5 atom stereocenters. The van der Waals surface area contributed by atoms with Gasteiger partial charge in [0.15, 0.2) is 5.78 Å². The molecule has 2 amide bonds. The number of amides is 2. The lowest BCUT2D eigenvalue weighted by Crippen LogP contribution is -2.56. The molecule has 11 heteroatoms. The second-order valence-electron chi connectivity index (χ2n) is 7.41. The van der Waals surface area contributed by atoms with Gasteiger partial charge >= 0.3 is 0 Å². The number of halogens is 1. The Morgan fingerprint density at radius 2 is 1.68 bits per heavy atom. The lowest BCUT2D eigenvalue weighted by Gasteiger charge is -2.36. The second kappa shape index (κ2) is 13.1. The Kier molecular flexibility index (Phi) is 10.6. The molecule has 0 unspecified atom stereocenters. The van der Waals surface area contributed by atoms with Gasteiger partial charge in [0.25, 0.3) is 5.91 Å². The number of Topliss-reactive ketones (excluding diaryl/α,β-unsaturated/α-hetero) is 1. The first-order chi connectivity index (χ1) is 16.1. The molecule has 2 fully saturated rings. The molecule has 0 aliphatic carbocycles. The number of ether oxygens (including phenoxy) is 1. The molecule has 0 aromatic rings. The number of carbonyl (C=O) groups excluding carboxylic acids is 3. The van der Waals surface area contributed by atoms with Gasteiger partial charge in [-0.1, -0.05) is 60.2 Å². The van der Waals surface area contributed by atoms with E-state index < -0.39 is 54.7 Å². The third kappa shape index (κ3) is 7.59. The highest BCUT2D eigenvalue weighted by Crippen LogP contribution is 2.27. The molecule has 2 aliphatic rings. The number of aliphatic hydroxyl groups excluding tert-OH is 3. The molecule has 34 heavy (non-hydrogen) atoms. The SMILES string of the molecule is C\C(Cl)=C/C=C/C=C/C=C/C=C/C=C1/C(=O)[C@H](CC(N)=O)N(O[C@@H]2OC[C@@H](O)[C@H](O)[C@H]2O)C1=O. The van der Waals surface area contributed by atoms with Crippen LogP contribution in [0.1, 0.15) is 13.3 Å². The number of hydroxylamine groups is 2. The van der Waals surface area contributed by atoms with Gasteiger partial charge in [-0.2, -0.15) is 0 Å². The van der Waals surface area contributed by atoms with E-state index in [-0.39, 0.29) is 12.2 Å². The van der Waals surface area contributed by atoms with E-state index in [1.54, 1.807) is 55.5 Å². The summed E-state index contributed by atoms with van der Waals surface area (Å²) in [6, 6.07) is -1.36. The zero-order valence-corrected chi connectivity index (χ0v) is 19.1. The average molecular weight is 495 g/mol. The summed E-state index contributed by atoms with van der Waals surface area (Å²) in [7, 11) is 0. The quantitative estimate of drug-likeness (QED) is 0.202. The van der Waals surface area contributed by atoms with Crippen LogP contribution in [0.5, 0.6) is 0 Å². The van der Waals surface area contributed by atoms with Crippen molar-refractivity contribution < 1.29 is 39.3 Å². The van der Waals surface area contributed by atoms with Crippen LogP contribution < -0.4 is 5.73 Å². The Morgan fingerprint density at radius 3 is 2.26 bits per heavy atom. The number of primary amides is 1. The summed E-state index contributed by atoms with van der Waals surface area (Å²) in [5.74, 6) is -2.41. The monoisotopic (exact) mass is 494 g/mol. The van der Waals surface area contributed by atoms with Crippen molar-refractivity contribution in [3.05, 3.63) is 71.4 Å². The van der Waals surface area contributed by atoms with Crippen molar-refractivity contribution >= 4 is 29.2 Å². The van der Waals surface area contributed by atoms with E-state index in [1.807, 2.05) is 0 Å². The first-order valence-electron chi connectivity index (χ1n) is 10.3. The number of hydrogen-bond acceptors (Lipinski definition) is 8. The number of nitrogens with two attached hydrogens (primary N) is 1. The molecule has 10 nitrogen and oxygen atoms in total. The fourth-order valence-corrected chi connectivity index (χ4v) is 3.07. The number of nitrogens with zero attached hydrogens (tertiary/aromatic N) is 1. The third-order valence-corrected chi connectivity index (χ3v) is 4.84. The molecule has 2 saturated heterocycles. The molecule has 0 bridgehead atoms. The van der Waals surface area contributed by atoms with Gasteiger partial charge in [0, 0.05) is 5.03 Å². The Labute approximate surface area is 201 Å². The van der Waals surface area contributed by atoms with E-state index >= 15 is 0 Å². The Bertz CT molecular complexity index is 949. The molecule has 184 valence electrons. The van der Waals surface area contributed by atoms with Crippen LogP contribution in [0.15, 0.2) is 71.4 Å². The summed E-state index contributed by atoms with van der Waals surface area (Å²) in [5, 5.41) is 30.6. The zero-order valence-electron chi connectivity index (χ0n) is 18.4. The van der Waals surface area contributed by atoms with Crippen LogP contribution in [0.4, 0.5) is 0 Å². The van der Waals surface area contributed by atoms with Crippen LogP contribution in [0.3, 0.4) is 0 Å². The number of rotatable bonds is 9. The van der Waals surface area contributed by atoms with E-state index in [0.29, 0.717) is 10.1 Å². The Balaban J connectivity index is 2.09. The van der Waals surface area contributed by atoms with Gasteiger partial charge < -0.3 is 25.8 Å². The van der Waals surface area contributed by atoms with Crippen LogP contribution in [0.25, 0.3) is 0 Å². The normalized spacial score (nSPS) is 30.3. The van der Waals surface area contributed by atoms with Crippen molar-refractivity contribution in [1.29, 1.82) is 0 Å². The highest BCUT2D eigenvalue weighted by molar-refractivity contribution is 6.29. The standard InChI is InChI=1S/C23H27ClN2O8/c1-14(24)10-8-6-4-2-3-5-7-9-11-15-19(29)16(12-18(25)28)26(22(15)32)34-23-21(31)20(30)17(27)13-33-23/h2-11,16-17,20-21,23,27,30-31H,12-13H2,1H3,(H2,25,28)/b4-2+,5-3+,8-6+,9-7+,14-10+,15-11-/t16-,17+,20-,21+,23-/m0/s1. The summed E-state index contributed by atoms with van der Waals surface area (Å²) in [6.07, 6.45) is 9.85. The van der Waals surface area contributed by atoms with E-state index in [1.165, 1.54) is 12.2 Å². The van der Waals surface area contributed by atoms with Gasteiger partial charge in [-0.3, -0.25) is 14.4 Å². The van der Waals surface area contributed by atoms with Crippen LogP contribution in [0, 0.1) is 0 Å². The van der Waals surface area contributed by atoms with Gasteiger partial charge in [-0.05, 0) is 19.1 Å². The predicted molar refractivity (Wildman–Crippen MR) is 123 cm³/mol. The van der Waals surface area contributed by atoms with Crippen LogP contribution >= 0.6 is 11.6 Å². The van der Waals surface area contributed by atoms with Crippen LogP contribution in [0.2, 0.25) is 0 Å². The van der Waals surface area contributed by atoms with Crippen molar-refractivity contribution in [2.45, 2.75) is 44.0 Å². The molecule has 0 radical (unpaired) electrons. The summed E-state index contributed by atoms with van der Waals surface area (Å²) >= 11 is 5.70. The number of carbonyl (C=O) groups is 3. The Morgan fingerprint density at radius 1 is 1.09 bits per heavy atom. The van der Waals surface area contributed by atoms with E-state index in [0.717, 1.165) is 0 Å². The number of aliphatic hydroxyl groups is 3. The van der Waals surface area contributed by atoms with Crippen LogP contribution in [-0.2, 0) is 24.0 Å². The summed E-state index contributed by atoms with van der Waals surface area (Å²) in [6.45, 7) is 1.39. The van der Waals surface area contributed by atoms with E-state index in [9.17, 15) is 29.7 Å². The lowest BCUT2D eigenvalue weighted by atomic mass is 10.1. The van der Waals surface area contributed by atoms with Gasteiger partial charge in [-0.15, -0.1) is 0 Å².